The van der Waals surface area contributed by atoms with Gasteiger partial charge in [-0.3, -0.25) is 0 Å². The zero-order valence-corrected chi connectivity index (χ0v) is 15.7. The summed E-state index contributed by atoms with van der Waals surface area (Å²) in [6.45, 7) is 4.25. The Morgan fingerprint density at radius 3 is 2.04 bits per heavy atom. The third-order valence-electron chi connectivity index (χ3n) is 4.08. The van der Waals surface area contributed by atoms with Crippen molar-refractivity contribution >= 4 is 11.6 Å². The molecule has 0 atom stereocenters. The maximum absolute atomic E-state index is 5.60. The molecule has 26 heavy (non-hydrogen) atoms. The van der Waals surface area contributed by atoms with Crippen molar-refractivity contribution in [1.82, 2.24) is 0 Å². The Morgan fingerprint density at radius 2 is 1.46 bits per heavy atom. The molecule has 0 saturated carbocycles. The Hall–Kier alpha value is -3.08. The number of hydrogen-bond acceptors (Lipinski definition) is 5. The summed E-state index contributed by atoms with van der Waals surface area (Å²) in [6, 6.07) is 9.63. The van der Waals surface area contributed by atoms with Crippen molar-refractivity contribution in [2.75, 3.05) is 28.4 Å². The molecule has 0 aliphatic carbocycles. The molecule has 0 aliphatic heterocycles. The number of allylic oxidation sites excluding steroid dienone is 1. The van der Waals surface area contributed by atoms with Crippen LogP contribution in [0.5, 0.6) is 23.0 Å². The fourth-order valence-corrected chi connectivity index (χ4v) is 2.77. The van der Waals surface area contributed by atoms with Crippen LogP contribution in [0.25, 0.3) is 11.6 Å². The number of methoxy groups -OCH3 is 4. The lowest BCUT2D eigenvalue weighted by Crippen LogP contribution is -1.98. The summed E-state index contributed by atoms with van der Waals surface area (Å²) in [5.41, 5.74) is 9.44. The third kappa shape index (κ3) is 4.11. The van der Waals surface area contributed by atoms with Crippen LogP contribution < -0.4 is 24.7 Å². The SMILES string of the molecule is C=C(Cc1ccc(OC)c(OC)c1)c1cc(OC)c(OC)cc1/C=C\N. The third-order valence-corrected chi connectivity index (χ3v) is 4.08. The van der Waals surface area contributed by atoms with Crippen molar-refractivity contribution in [2.24, 2.45) is 5.73 Å². The second-order valence-corrected chi connectivity index (χ2v) is 5.62. The molecular weight excluding hydrogens is 330 g/mol. The zero-order valence-electron chi connectivity index (χ0n) is 15.7. The van der Waals surface area contributed by atoms with Gasteiger partial charge in [0.15, 0.2) is 23.0 Å². The van der Waals surface area contributed by atoms with E-state index in [0.29, 0.717) is 29.4 Å². The van der Waals surface area contributed by atoms with Gasteiger partial charge in [0, 0.05) is 0 Å². The summed E-state index contributed by atoms with van der Waals surface area (Å²) in [5.74, 6) is 2.67. The van der Waals surface area contributed by atoms with Gasteiger partial charge >= 0.3 is 0 Å². The van der Waals surface area contributed by atoms with Gasteiger partial charge in [0.05, 0.1) is 28.4 Å². The second kappa shape index (κ2) is 8.85. The van der Waals surface area contributed by atoms with Crippen LogP contribution in [0.2, 0.25) is 0 Å². The summed E-state index contributed by atoms with van der Waals surface area (Å²) < 4.78 is 21.5. The Morgan fingerprint density at radius 1 is 0.885 bits per heavy atom. The predicted octanol–water partition coefficient (Wildman–Crippen LogP) is 3.91. The van der Waals surface area contributed by atoms with E-state index < -0.39 is 0 Å². The van der Waals surface area contributed by atoms with Crippen molar-refractivity contribution in [1.29, 1.82) is 0 Å². The molecule has 0 amide bonds. The van der Waals surface area contributed by atoms with Crippen molar-refractivity contribution < 1.29 is 18.9 Å². The Labute approximate surface area is 154 Å². The first-order valence-electron chi connectivity index (χ1n) is 8.11. The van der Waals surface area contributed by atoms with Crippen LogP contribution in [0.15, 0.2) is 43.1 Å². The molecule has 0 aliphatic rings. The highest BCUT2D eigenvalue weighted by Crippen LogP contribution is 2.36. The molecule has 0 aromatic heterocycles. The lowest BCUT2D eigenvalue weighted by molar-refractivity contribution is 0.354. The van der Waals surface area contributed by atoms with Gasteiger partial charge < -0.3 is 24.7 Å². The molecule has 2 aromatic carbocycles. The molecule has 2 rings (SSSR count). The highest BCUT2D eigenvalue weighted by Gasteiger charge is 2.13. The van der Waals surface area contributed by atoms with Gasteiger partial charge in [0.25, 0.3) is 0 Å². The van der Waals surface area contributed by atoms with E-state index in [1.165, 1.54) is 6.20 Å². The van der Waals surface area contributed by atoms with E-state index >= 15 is 0 Å². The molecule has 0 spiro atoms. The van der Waals surface area contributed by atoms with E-state index in [9.17, 15) is 0 Å². The van der Waals surface area contributed by atoms with Crippen LogP contribution in [0.3, 0.4) is 0 Å². The highest BCUT2D eigenvalue weighted by atomic mass is 16.5. The average Bonchev–Trinajstić information content (AvgIpc) is 2.67. The molecule has 0 saturated heterocycles. The first-order valence-corrected chi connectivity index (χ1v) is 8.11. The van der Waals surface area contributed by atoms with Crippen LogP contribution in [-0.4, -0.2) is 28.4 Å². The predicted molar refractivity (Wildman–Crippen MR) is 105 cm³/mol. The van der Waals surface area contributed by atoms with Gasteiger partial charge in [0.1, 0.15) is 0 Å². The summed E-state index contributed by atoms with van der Waals surface area (Å²) in [4.78, 5) is 0. The van der Waals surface area contributed by atoms with Gasteiger partial charge in [-0.2, -0.15) is 0 Å². The summed E-state index contributed by atoms with van der Waals surface area (Å²) in [7, 11) is 6.45. The van der Waals surface area contributed by atoms with E-state index in [4.69, 9.17) is 24.7 Å². The molecule has 5 nitrogen and oxygen atoms in total. The molecule has 0 heterocycles. The smallest absolute Gasteiger partial charge is 0.161 e. The quantitative estimate of drug-likeness (QED) is 0.778. The van der Waals surface area contributed by atoms with Crippen molar-refractivity contribution in [3.63, 3.8) is 0 Å². The van der Waals surface area contributed by atoms with Crippen molar-refractivity contribution in [3.8, 4) is 23.0 Å². The van der Waals surface area contributed by atoms with Gasteiger partial charge in [0.2, 0.25) is 0 Å². The minimum atomic E-state index is 0.640. The fourth-order valence-electron chi connectivity index (χ4n) is 2.77. The standard InChI is InChI=1S/C21H25NO4/c1-14(10-15-6-7-18(23-2)19(11-15)24-3)17-13-21(26-5)20(25-4)12-16(17)8-9-22/h6-9,11-13H,1,10,22H2,2-5H3/b9-8-. The molecule has 0 radical (unpaired) electrons. The van der Waals surface area contributed by atoms with E-state index in [1.54, 1.807) is 28.4 Å². The topological polar surface area (TPSA) is 62.9 Å². The molecule has 2 aromatic rings. The molecule has 0 bridgehead atoms. The number of nitrogens with two attached hydrogens (primary N) is 1. The minimum absolute atomic E-state index is 0.640. The lowest BCUT2D eigenvalue weighted by atomic mass is 9.94. The number of ether oxygens (including phenoxy) is 4. The summed E-state index contributed by atoms with van der Waals surface area (Å²) in [5, 5.41) is 0. The first-order chi connectivity index (χ1) is 12.6. The normalized spacial score (nSPS) is 10.6. The number of rotatable bonds is 8. The first kappa shape index (κ1) is 19.2. The molecular formula is C21H25NO4. The zero-order chi connectivity index (χ0) is 19.1. The number of hydrogen-bond donors (Lipinski definition) is 1. The second-order valence-electron chi connectivity index (χ2n) is 5.62. The lowest BCUT2D eigenvalue weighted by Gasteiger charge is -2.16. The van der Waals surface area contributed by atoms with Gasteiger partial charge in [-0.15, -0.1) is 0 Å². The van der Waals surface area contributed by atoms with E-state index in [1.807, 2.05) is 36.4 Å². The Kier molecular flexibility index (Phi) is 6.55. The molecule has 138 valence electrons. The van der Waals surface area contributed by atoms with Gasteiger partial charge in [-0.1, -0.05) is 12.6 Å². The monoisotopic (exact) mass is 355 g/mol. The van der Waals surface area contributed by atoms with Gasteiger partial charge in [-0.05, 0) is 65.2 Å². The summed E-state index contributed by atoms with van der Waals surface area (Å²) in [6.07, 6.45) is 3.95. The van der Waals surface area contributed by atoms with E-state index in [0.717, 1.165) is 22.3 Å². The maximum Gasteiger partial charge on any atom is 0.161 e. The maximum atomic E-state index is 5.60. The van der Waals surface area contributed by atoms with Crippen LogP contribution in [0, 0.1) is 0 Å². The van der Waals surface area contributed by atoms with E-state index in [2.05, 4.69) is 6.58 Å². The Bertz CT molecular complexity index is 812. The van der Waals surface area contributed by atoms with Crippen molar-refractivity contribution in [3.05, 3.63) is 59.8 Å². The van der Waals surface area contributed by atoms with Crippen LogP contribution in [0.1, 0.15) is 16.7 Å². The largest absolute Gasteiger partial charge is 0.493 e. The van der Waals surface area contributed by atoms with Crippen LogP contribution in [0.4, 0.5) is 0 Å². The summed E-state index contributed by atoms with van der Waals surface area (Å²) >= 11 is 0. The molecule has 0 unspecified atom stereocenters. The molecule has 2 N–H and O–H groups in total. The molecule has 0 fully saturated rings. The molecule has 5 heteroatoms. The average molecular weight is 355 g/mol. The Balaban J connectivity index is 2.39. The van der Waals surface area contributed by atoms with E-state index in [-0.39, 0.29) is 0 Å². The fraction of sp³-hybridized carbons (Fsp3) is 0.238. The van der Waals surface area contributed by atoms with Gasteiger partial charge in [-0.25, -0.2) is 0 Å². The van der Waals surface area contributed by atoms with Crippen molar-refractivity contribution in [2.45, 2.75) is 6.42 Å². The minimum Gasteiger partial charge on any atom is -0.493 e. The van der Waals surface area contributed by atoms with Crippen LogP contribution in [-0.2, 0) is 6.42 Å². The number of benzene rings is 2. The highest BCUT2D eigenvalue weighted by molar-refractivity contribution is 5.77. The van der Waals surface area contributed by atoms with Crippen LogP contribution >= 0.6 is 0 Å².